The summed E-state index contributed by atoms with van der Waals surface area (Å²) in [6.07, 6.45) is 0. The maximum atomic E-state index is 12.5. The average molecular weight is 366 g/mol. The van der Waals surface area contributed by atoms with Crippen LogP contribution in [0.1, 0.15) is 23.6 Å². The molecule has 134 valence electrons. The van der Waals surface area contributed by atoms with E-state index >= 15 is 0 Å². The highest BCUT2D eigenvalue weighted by molar-refractivity contribution is 8.00. The van der Waals surface area contributed by atoms with Crippen LogP contribution in [0.25, 0.3) is 11.4 Å². The molecule has 1 heterocycles. The lowest BCUT2D eigenvalue weighted by Gasteiger charge is -2.14. The molecular weight excluding hydrogens is 344 g/mol. The predicted octanol–water partition coefficient (Wildman–Crippen LogP) is 4.52. The fourth-order valence-corrected chi connectivity index (χ4v) is 3.31. The molecule has 3 rings (SSSR count). The lowest BCUT2D eigenvalue weighted by molar-refractivity contribution is -0.115. The molecule has 0 spiro atoms. The number of carbonyl (C=O) groups is 1. The zero-order chi connectivity index (χ0) is 18.7. The standard InChI is InChI=1S/C20H22N4OS/c1-12-8-10-16(11-9-12)18-22-20(24-23-18)26-15(4)19(25)21-17-13(2)6-5-7-14(17)3/h5-11,15H,1-4H3,(H,21,25)(H,22,23,24)/t15-/m0/s1. The third kappa shape index (κ3) is 4.14. The second-order valence-electron chi connectivity index (χ2n) is 6.35. The SMILES string of the molecule is Cc1ccc(-c2nc(S[C@@H](C)C(=O)Nc3c(C)cccc3C)n[nH]2)cc1. The molecule has 0 radical (unpaired) electrons. The lowest BCUT2D eigenvalue weighted by atomic mass is 10.1. The van der Waals surface area contributed by atoms with Crippen molar-refractivity contribution in [1.29, 1.82) is 0 Å². The molecule has 0 bridgehead atoms. The minimum absolute atomic E-state index is 0.0610. The molecule has 2 aromatic carbocycles. The monoisotopic (exact) mass is 366 g/mol. The third-order valence-electron chi connectivity index (χ3n) is 4.17. The molecule has 5 nitrogen and oxygen atoms in total. The van der Waals surface area contributed by atoms with Gasteiger partial charge in [0.25, 0.3) is 0 Å². The van der Waals surface area contributed by atoms with Gasteiger partial charge in [-0.05, 0) is 38.8 Å². The quantitative estimate of drug-likeness (QED) is 0.652. The van der Waals surface area contributed by atoms with E-state index in [-0.39, 0.29) is 11.2 Å². The molecule has 0 unspecified atom stereocenters. The number of nitrogens with one attached hydrogen (secondary N) is 2. The smallest absolute Gasteiger partial charge is 0.237 e. The van der Waals surface area contributed by atoms with Crippen molar-refractivity contribution >= 4 is 23.4 Å². The highest BCUT2D eigenvalue weighted by Crippen LogP contribution is 2.25. The molecule has 1 aromatic heterocycles. The minimum Gasteiger partial charge on any atom is -0.325 e. The number of thioether (sulfide) groups is 1. The number of hydrogen-bond acceptors (Lipinski definition) is 4. The Kier molecular flexibility index (Phi) is 5.42. The van der Waals surface area contributed by atoms with Crippen LogP contribution in [0.2, 0.25) is 0 Å². The summed E-state index contributed by atoms with van der Waals surface area (Å²) in [4.78, 5) is 17.0. The Morgan fingerprint density at radius 1 is 1.08 bits per heavy atom. The number of aromatic nitrogens is 3. The van der Waals surface area contributed by atoms with E-state index in [2.05, 4.69) is 20.5 Å². The molecule has 0 saturated heterocycles. The van der Waals surface area contributed by atoms with Gasteiger partial charge in [0.2, 0.25) is 11.1 Å². The molecule has 1 atom stereocenters. The van der Waals surface area contributed by atoms with E-state index in [1.54, 1.807) is 0 Å². The summed E-state index contributed by atoms with van der Waals surface area (Å²) in [7, 11) is 0. The van der Waals surface area contributed by atoms with Gasteiger partial charge >= 0.3 is 0 Å². The van der Waals surface area contributed by atoms with Crippen molar-refractivity contribution in [2.45, 2.75) is 38.1 Å². The van der Waals surface area contributed by atoms with E-state index in [0.717, 1.165) is 22.4 Å². The van der Waals surface area contributed by atoms with Crippen LogP contribution in [0.3, 0.4) is 0 Å². The first-order valence-corrected chi connectivity index (χ1v) is 9.35. The predicted molar refractivity (Wildman–Crippen MR) is 106 cm³/mol. The van der Waals surface area contributed by atoms with Crippen LogP contribution in [0.4, 0.5) is 5.69 Å². The summed E-state index contributed by atoms with van der Waals surface area (Å²) < 4.78 is 0. The largest absolute Gasteiger partial charge is 0.325 e. The number of para-hydroxylation sites is 1. The van der Waals surface area contributed by atoms with Crippen molar-refractivity contribution in [2.75, 3.05) is 5.32 Å². The Balaban J connectivity index is 1.67. The zero-order valence-corrected chi connectivity index (χ0v) is 16.1. The highest BCUT2D eigenvalue weighted by Gasteiger charge is 2.18. The molecule has 0 aliphatic rings. The number of aromatic amines is 1. The summed E-state index contributed by atoms with van der Waals surface area (Å²) >= 11 is 1.34. The fraction of sp³-hybridized carbons (Fsp3) is 0.250. The molecule has 3 aromatic rings. The van der Waals surface area contributed by atoms with Crippen LogP contribution in [-0.4, -0.2) is 26.3 Å². The Labute approximate surface area is 157 Å². The first-order valence-electron chi connectivity index (χ1n) is 8.47. The normalized spacial score (nSPS) is 12.0. The zero-order valence-electron chi connectivity index (χ0n) is 15.3. The van der Waals surface area contributed by atoms with Crippen molar-refractivity contribution in [1.82, 2.24) is 15.2 Å². The lowest BCUT2D eigenvalue weighted by Crippen LogP contribution is -2.23. The summed E-state index contributed by atoms with van der Waals surface area (Å²) in [5, 5.41) is 10.4. The van der Waals surface area contributed by atoms with Crippen LogP contribution in [0.5, 0.6) is 0 Å². The van der Waals surface area contributed by atoms with Crippen molar-refractivity contribution in [2.24, 2.45) is 0 Å². The number of rotatable bonds is 5. The van der Waals surface area contributed by atoms with Gasteiger partial charge in [-0.3, -0.25) is 9.89 Å². The summed E-state index contributed by atoms with van der Waals surface area (Å²) in [5.41, 5.74) is 5.15. The van der Waals surface area contributed by atoms with Crippen LogP contribution >= 0.6 is 11.8 Å². The van der Waals surface area contributed by atoms with E-state index < -0.39 is 0 Å². The van der Waals surface area contributed by atoms with Crippen molar-refractivity contribution < 1.29 is 4.79 Å². The molecule has 0 saturated carbocycles. The Morgan fingerprint density at radius 2 is 1.73 bits per heavy atom. The van der Waals surface area contributed by atoms with Gasteiger partial charge in [-0.25, -0.2) is 4.98 Å². The second kappa shape index (κ2) is 7.74. The molecule has 0 aliphatic carbocycles. The number of anilines is 1. The molecule has 26 heavy (non-hydrogen) atoms. The van der Waals surface area contributed by atoms with Crippen LogP contribution in [-0.2, 0) is 4.79 Å². The topological polar surface area (TPSA) is 70.7 Å². The van der Waals surface area contributed by atoms with Gasteiger partial charge in [-0.1, -0.05) is 59.8 Å². The number of hydrogen-bond donors (Lipinski definition) is 2. The van der Waals surface area contributed by atoms with E-state index in [0.29, 0.717) is 11.0 Å². The van der Waals surface area contributed by atoms with E-state index in [9.17, 15) is 4.79 Å². The number of carbonyl (C=O) groups excluding carboxylic acids is 1. The Morgan fingerprint density at radius 3 is 2.38 bits per heavy atom. The van der Waals surface area contributed by atoms with E-state index in [1.807, 2.05) is 70.2 Å². The minimum atomic E-state index is -0.310. The number of benzene rings is 2. The Bertz CT molecular complexity index is 898. The van der Waals surface area contributed by atoms with Gasteiger partial charge < -0.3 is 5.32 Å². The van der Waals surface area contributed by atoms with Crippen molar-refractivity contribution in [3.63, 3.8) is 0 Å². The molecule has 1 amide bonds. The maximum absolute atomic E-state index is 12.5. The number of aryl methyl sites for hydroxylation is 3. The van der Waals surface area contributed by atoms with Crippen LogP contribution < -0.4 is 5.32 Å². The first-order chi connectivity index (χ1) is 12.4. The summed E-state index contributed by atoms with van der Waals surface area (Å²) in [5.74, 6) is 0.643. The van der Waals surface area contributed by atoms with Gasteiger partial charge in [0.15, 0.2) is 5.82 Å². The van der Waals surface area contributed by atoms with Gasteiger partial charge in [0, 0.05) is 11.3 Å². The van der Waals surface area contributed by atoms with Crippen molar-refractivity contribution in [3.8, 4) is 11.4 Å². The fourth-order valence-electron chi connectivity index (χ4n) is 2.59. The van der Waals surface area contributed by atoms with Gasteiger partial charge in [0.1, 0.15) is 0 Å². The molecular formula is C20H22N4OS. The third-order valence-corrected chi connectivity index (χ3v) is 5.13. The van der Waals surface area contributed by atoms with Crippen molar-refractivity contribution in [3.05, 3.63) is 59.2 Å². The van der Waals surface area contributed by atoms with E-state index in [4.69, 9.17) is 0 Å². The number of H-pyrrole nitrogens is 1. The summed E-state index contributed by atoms with van der Waals surface area (Å²) in [6, 6.07) is 14.0. The summed E-state index contributed by atoms with van der Waals surface area (Å²) in [6.45, 7) is 7.88. The highest BCUT2D eigenvalue weighted by atomic mass is 32.2. The Hall–Kier alpha value is -2.60. The number of nitrogens with zero attached hydrogens (tertiary/aromatic N) is 2. The van der Waals surface area contributed by atoms with Gasteiger partial charge in [-0.15, -0.1) is 5.10 Å². The van der Waals surface area contributed by atoms with Gasteiger partial charge in [0.05, 0.1) is 5.25 Å². The maximum Gasteiger partial charge on any atom is 0.237 e. The molecule has 6 heteroatoms. The molecule has 2 N–H and O–H groups in total. The average Bonchev–Trinajstić information content (AvgIpc) is 3.07. The second-order valence-corrected chi connectivity index (χ2v) is 7.66. The molecule has 0 aliphatic heterocycles. The number of amides is 1. The van der Waals surface area contributed by atoms with Crippen LogP contribution in [0, 0.1) is 20.8 Å². The first kappa shape index (κ1) is 18.2. The molecule has 0 fully saturated rings. The van der Waals surface area contributed by atoms with Crippen LogP contribution in [0.15, 0.2) is 47.6 Å². The van der Waals surface area contributed by atoms with Gasteiger partial charge in [-0.2, -0.15) is 0 Å². The van der Waals surface area contributed by atoms with E-state index in [1.165, 1.54) is 17.3 Å².